The first-order chi connectivity index (χ1) is 14.5. The van der Waals surface area contributed by atoms with E-state index in [0.717, 1.165) is 18.4 Å². The number of likely N-dealkylation sites (tertiary alicyclic amines) is 1. The van der Waals surface area contributed by atoms with Crippen LogP contribution in [0.3, 0.4) is 0 Å². The molecule has 0 aliphatic carbocycles. The van der Waals surface area contributed by atoms with Crippen LogP contribution in [-0.2, 0) is 11.2 Å². The summed E-state index contributed by atoms with van der Waals surface area (Å²) >= 11 is 0. The zero-order chi connectivity index (χ0) is 21.1. The van der Waals surface area contributed by atoms with Gasteiger partial charge in [0.05, 0.1) is 19.2 Å². The number of aromatic amines is 1. The van der Waals surface area contributed by atoms with Gasteiger partial charge in [0.15, 0.2) is 0 Å². The average molecular weight is 410 g/mol. The van der Waals surface area contributed by atoms with Crippen molar-refractivity contribution < 1.29 is 13.9 Å². The molecule has 0 bridgehead atoms. The number of hydrogen-bond acceptors (Lipinski definition) is 4. The Labute approximate surface area is 173 Å². The summed E-state index contributed by atoms with van der Waals surface area (Å²) in [5.41, 5.74) is 1.11. The minimum atomic E-state index is -0.319. The van der Waals surface area contributed by atoms with Crippen molar-refractivity contribution in [1.82, 2.24) is 19.7 Å². The van der Waals surface area contributed by atoms with Crippen LogP contribution in [0.2, 0.25) is 0 Å². The number of piperidine rings is 1. The number of ether oxygens (including phenoxy) is 1. The second kappa shape index (κ2) is 8.52. The molecule has 3 aromatic rings. The summed E-state index contributed by atoms with van der Waals surface area (Å²) in [5.74, 6) is 0.909. The zero-order valence-electron chi connectivity index (χ0n) is 16.7. The number of hydrogen-bond donors (Lipinski definition) is 1. The first-order valence-corrected chi connectivity index (χ1v) is 9.89. The topological polar surface area (TPSA) is 80.2 Å². The minimum Gasteiger partial charge on any atom is -0.497 e. The van der Waals surface area contributed by atoms with E-state index in [0.29, 0.717) is 30.4 Å². The van der Waals surface area contributed by atoms with Gasteiger partial charge in [-0.15, -0.1) is 5.10 Å². The summed E-state index contributed by atoms with van der Waals surface area (Å²) in [7, 11) is 1.58. The standard InChI is InChI=1S/C22H23FN4O3/c1-30-19-10-8-18(9-11-19)27-22(29)24-21(25-27)16-3-2-12-26(14-16)20(28)13-15-4-6-17(23)7-5-15/h4-11,16H,2-3,12-14H2,1H3,(H,24,25,29). The van der Waals surface area contributed by atoms with Crippen LogP contribution in [0.1, 0.15) is 30.1 Å². The second-order valence-electron chi connectivity index (χ2n) is 7.41. The molecule has 1 aromatic heterocycles. The number of H-pyrrole nitrogens is 1. The van der Waals surface area contributed by atoms with Crippen molar-refractivity contribution in [3.8, 4) is 11.4 Å². The maximum Gasteiger partial charge on any atom is 0.348 e. The van der Waals surface area contributed by atoms with Crippen LogP contribution in [0.15, 0.2) is 53.3 Å². The van der Waals surface area contributed by atoms with E-state index in [1.165, 1.54) is 16.8 Å². The lowest BCUT2D eigenvalue weighted by Crippen LogP contribution is -2.40. The van der Waals surface area contributed by atoms with E-state index in [1.54, 1.807) is 48.4 Å². The van der Waals surface area contributed by atoms with Gasteiger partial charge >= 0.3 is 5.69 Å². The molecule has 1 atom stereocenters. The van der Waals surface area contributed by atoms with Crippen molar-refractivity contribution in [1.29, 1.82) is 0 Å². The van der Waals surface area contributed by atoms with Crippen LogP contribution < -0.4 is 10.4 Å². The van der Waals surface area contributed by atoms with E-state index in [2.05, 4.69) is 10.1 Å². The zero-order valence-corrected chi connectivity index (χ0v) is 16.7. The summed E-state index contributed by atoms with van der Waals surface area (Å²) < 4.78 is 19.5. The molecule has 1 N–H and O–H groups in total. The summed E-state index contributed by atoms with van der Waals surface area (Å²) in [6, 6.07) is 13.1. The molecule has 7 nitrogen and oxygen atoms in total. The fourth-order valence-corrected chi connectivity index (χ4v) is 3.74. The lowest BCUT2D eigenvalue weighted by atomic mass is 9.97. The van der Waals surface area contributed by atoms with E-state index in [9.17, 15) is 14.0 Å². The first-order valence-electron chi connectivity index (χ1n) is 9.89. The molecular formula is C22H23FN4O3. The number of methoxy groups -OCH3 is 1. The second-order valence-corrected chi connectivity index (χ2v) is 7.41. The fraction of sp³-hybridized carbons (Fsp3) is 0.318. The van der Waals surface area contributed by atoms with Crippen LogP contribution in [0.5, 0.6) is 5.75 Å². The number of benzene rings is 2. The molecule has 156 valence electrons. The van der Waals surface area contributed by atoms with Gasteiger partial charge in [-0.2, -0.15) is 4.68 Å². The molecule has 1 unspecified atom stereocenters. The van der Waals surface area contributed by atoms with Gasteiger partial charge in [0.25, 0.3) is 0 Å². The Morgan fingerprint density at radius 1 is 1.20 bits per heavy atom. The number of amides is 1. The molecule has 0 saturated carbocycles. The number of rotatable bonds is 5. The molecule has 1 saturated heterocycles. The van der Waals surface area contributed by atoms with Gasteiger partial charge in [-0.3, -0.25) is 9.78 Å². The normalized spacial score (nSPS) is 16.5. The fourth-order valence-electron chi connectivity index (χ4n) is 3.74. The van der Waals surface area contributed by atoms with Gasteiger partial charge in [0, 0.05) is 19.0 Å². The Morgan fingerprint density at radius 2 is 1.93 bits per heavy atom. The molecule has 1 aliphatic rings. The van der Waals surface area contributed by atoms with Gasteiger partial charge in [-0.25, -0.2) is 9.18 Å². The molecule has 2 aromatic carbocycles. The van der Waals surface area contributed by atoms with Crippen molar-refractivity contribution in [3.63, 3.8) is 0 Å². The monoisotopic (exact) mass is 410 g/mol. The van der Waals surface area contributed by atoms with E-state index in [4.69, 9.17) is 4.74 Å². The van der Waals surface area contributed by atoms with Gasteiger partial charge in [-0.05, 0) is 54.8 Å². The molecule has 30 heavy (non-hydrogen) atoms. The van der Waals surface area contributed by atoms with E-state index < -0.39 is 0 Å². The van der Waals surface area contributed by atoms with Crippen molar-refractivity contribution in [2.45, 2.75) is 25.2 Å². The Morgan fingerprint density at radius 3 is 2.63 bits per heavy atom. The molecule has 4 rings (SSSR count). The largest absolute Gasteiger partial charge is 0.497 e. The maximum atomic E-state index is 13.1. The average Bonchev–Trinajstić information content (AvgIpc) is 3.17. The third-order valence-electron chi connectivity index (χ3n) is 5.38. The van der Waals surface area contributed by atoms with Crippen molar-refractivity contribution >= 4 is 5.91 Å². The molecule has 2 heterocycles. The Balaban J connectivity index is 1.47. The minimum absolute atomic E-state index is 0.0109. The number of nitrogens with one attached hydrogen (secondary N) is 1. The molecule has 1 amide bonds. The Kier molecular flexibility index (Phi) is 5.65. The molecule has 0 radical (unpaired) electrons. The number of carbonyl (C=O) groups excluding carboxylic acids is 1. The predicted octanol–water partition coefficient (Wildman–Crippen LogP) is 2.66. The van der Waals surface area contributed by atoms with Crippen molar-refractivity contribution in [2.24, 2.45) is 0 Å². The molecule has 1 aliphatic heterocycles. The van der Waals surface area contributed by atoms with Crippen LogP contribution in [0.4, 0.5) is 4.39 Å². The van der Waals surface area contributed by atoms with Gasteiger partial charge in [0.2, 0.25) is 5.91 Å². The number of halogens is 1. The third-order valence-corrected chi connectivity index (χ3v) is 5.38. The highest BCUT2D eigenvalue weighted by Crippen LogP contribution is 2.25. The van der Waals surface area contributed by atoms with Crippen molar-refractivity contribution in [2.75, 3.05) is 20.2 Å². The summed E-state index contributed by atoms with van der Waals surface area (Å²) in [6.45, 7) is 1.16. The maximum absolute atomic E-state index is 13.1. The lowest BCUT2D eigenvalue weighted by Gasteiger charge is -2.31. The summed E-state index contributed by atoms with van der Waals surface area (Å²) in [5, 5.41) is 4.47. The quantitative estimate of drug-likeness (QED) is 0.701. The van der Waals surface area contributed by atoms with Crippen LogP contribution >= 0.6 is 0 Å². The first kappa shape index (κ1) is 19.9. The SMILES string of the molecule is COc1ccc(-n2nc(C3CCCN(C(=O)Cc4ccc(F)cc4)C3)[nH]c2=O)cc1. The predicted molar refractivity (Wildman–Crippen MR) is 109 cm³/mol. The number of nitrogens with zero attached hydrogens (tertiary/aromatic N) is 3. The smallest absolute Gasteiger partial charge is 0.348 e. The summed E-state index contributed by atoms with van der Waals surface area (Å²) in [4.78, 5) is 29.8. The van der Waals surface area contributed by atoms with Gasteiger partial charge < -0.3 is 9.64 Å². The lowest BCUT2D eigenvalue weighted by molar-refractivity contribution is -0.131. The van der Waals surface area contributed by atoms with Crippen LogP contribution in [0, 0.1) is 5.82 Å². The number of aromatic nitrogens is 3. The van der Waals surface area contributed by atoms with Crippen LogP contribution in [-0.4, -0.2) is 45.8 Å². The molecular weight excluding hydrogens is 387 g/mol. The van der Waals surface area contributed by atoms with E-state index >= 15 is 0 Å². The van der Waals surface area contributed by atoms with Crippen LogP contribution in [0.25, 0.3) is 5.69 Å². The Bertz CT molecular complexity index is 1070. The molecule has 1 fully saturated rings. The van der Waals surface area contributed by atoms with Gasteiger partial charge in [-0.1, -0.05) is 12.1 Å². The summed E-state index contributed by atoms with van der Waals surface area (Å²) in [6.07, 6.45) is 1.90. The van der Waals surface area contributed by atoms with Crippen molar-refractivity contribution in [3.05, 3.63) is 76.2 Å². The molecule has 0 spiro atoms. The highest BCUT2D eigenvalue weighted by atomic mass is 19.1. The third kappa shape index (κ3) is 4.27. The van der Waals surface area contributed by atoms with Gasteiger partial charge in [0.1, 0.15) is 17.4 Å². The highest BCUT2D eigenvalue weighted by Gasteiger charge is 2.27. The molecule has 8 heteroatoms. The number of carbonyl (C=O) groups is 1. The van der Waals surface area contributed by atoms with E-state index in [1.807, 2.05) is 0 Å². The highest BCUT2D eigenvalue weighted by molar-refractivity contribution is 5.79. The van der Waals surface area contributed by atoms with E-state index in [-0.39, 0.29) is 29.8 Å². The Hall–Kier alpha value is -3.42.